The molecule has 3 heterocycles. The van der Waals surface area contributed by atoms with Gasteiger partial charge in [-0.1, -0.05) is 6.07 Å². The van der Waals surface area contributed by atoms with Crippen molar-refractivity contribution in [2.24, 2.45) is 0 Å². The number of thiophene rings is 1. The average Bonchev–Trinajstić information content (AvgIpc) is 3.03. The van der Waals surface area contributed by atoms with Gasteiger partial charge in [0, 0.05) is 18.0 Å². The fraction of sp³-hybridized carbons (Fsp3) is 0.643. The minimum absolute atomic E-state index is 0.00617. The molecule has 0 bridgehead atoms. The third-order valence-electron chi connectivity index (χ3n) is 3.93. The standard InChI is InChI=1S/C14H21N3O2S/c1-10-14(18)17(9-11-8-16(2)5-6-19-11)13(15-10)12-4-3-7-20-12/h3-4,7,10-11,13,15H,5-6,8-9H2,1-2H3. The molecule has 1 amide bonds. The van der Waals surface area contributed by atoms with E-state index in [0.29, 0.717) is 6.54 Å². The highest BCUT2D eigenvalue weighted by Gasteiger charge is 2.39. The molecule has 0 radical (unpaired) electrons. The summed E-state index contributed by atoms with van der Waals surface area (Å²) in [5.41, 5.74) is 0. The molecule has 3 rings (SSSR count). The predicted octanol–water partition coefficient (Wildman–Crippen LogP) is 0.898. The van der Waals surface area contributed by atoms with Gasteiger partial charge >= 0.3 is 0 Å². The third-order valence-corrected chi connectivity index (χ3v) is 4.85. The fourth-order valence-corrected chi connectivity index (χ4v) is 3.64. The van der Waals surface area contributed by atoms with Crippen LogP contribution in [0.25, 0.3) is 0 Å². The maximum atomic E-state index is 12.4. The van der Waals surface area contributed by atoms with Crippen molar-refractivity contribution in [3.63, 3.8) is 0 Å². The lowest BCUT2D eigenvalue weighted by Crippen LogP contribution is -2.47. The Bertz CT molecular complexity index is 465. The summed E-state index contributed by atoms with van der Waals surface area (Å²) in [6.45, 7) is 5.18. The van der Waals surface area contributed by atoms with Crippen LogP contribution in [0.4, 0.5) is 0 Å². The number of morpholine rings is 1. The van der Waals surface area contributed by atoms with Gasteiger partial charge in [-0.2, -0.15) is 0 Å². The van der Waals surface area contributed by atoms with Gasteiger partial charge in [-0.25, -0.2) is 0 Å². The van der Waals surface area contributed by atoms with E-state index in [2.05, 4.69) is 23.3 Å². The van der Waals surface area contributed by atoms with E-state index in [9.17, 15) is 4.79 Å². The zero-order chi connectivity index (χ0) is 14.1. The molecular formula is C14H21N3O2S. The lowest BCUT2D eigenvalue weighted by atomic mass is 10.2. The van der Waals surface area contributed by atoms with Crippen LogP contribution in [0.2, 0.25) is 0 Å². The third kappa shape index (κ3) is 2.74. The molecule has 0 aliphatic carbocycles. The van der Waals surface area contributed by atoms with Crippen molar-refractivity contribution < 1.29 is 9.53 Å². The number of carbonyl (C=O) groups excluding carboxylic acids is 1. The van der Waals surface area contributed by atoms with E-state index in [-0.39, 0.29) is 24.2 Å². The molecule has 110 valence electrons. The molecule has 1 aromatic heterocycles. The maximum Gasteiger partial charge on any atom is 0.241 e. The Morgan fingerprint density at radius 2 is 2.40 bits per heavy atom. The summed E-state index contributed by atoms with van der Waals surface area (Å²) in [7, 11) is 2.10. The van der Waals surface area contributed by atoms with Gasteiger partial charge < -0.3 is 14.5 Å². The average molecular weight is 295 g/mol. The lowest BCUT2D eigenvalue weighted by molar-refractivity contribution is -0.133. The molecular weight excluding hydrogens is 274 g/mol. The van der Waals surface area contributed by atoms with Crippen molar-refractivity contribution >= 4 is 17.2 Å². The van der Waals surface area contributed by atoms with Gasteiger partial charge in [0.1, 0.15) is 6.17 Å². The molecule has 0 spiro atoms. The molecule has 1 N–H and O–H groups in total. The Hall–Kier alpha value is -0.950. The number of nitrogens with zero attached hydrogens (tertiary/aromatic N) is 2. The zero-order valence-electron chi connectivity index (χ0n) is 11.9. The smallest absolute Gasteiger partial charge is 0.241 e. The molecule has 3 atom stereocenters. The van der Waals surface area contributed by atoms with Gasteiger partial charge in [0.15, 0.2) is 0 Å². The summed E-state index contributed by atoms with van der Waals surface area (Å²) < 4.78 is 5.80. The number of carbonyl (C=O) groups is 1. The van der Waals surface area contributed by atoms with Crippen molar-refractivity contribution in [1.82, 2.24) is 15.1 Å². The number of ether oxygens (including phenoxy) is 1. The maximum absolute atomic E-state index is 12.4. The highest BCUT2D eigenvalue weighted by atomic mass is 32.1. The van der Waals surface area contributed by atoms with Gasteiger partial charge in [-0.15, -0.1) is 11.3 Å². The summed E-state index contributed by atoms with van der Waals surface area (Å²) in [5.74, 6) is 0.167. The molecule has 0 aromatic carbocycles. The van der Waals surface area contributed by atoms with Crippen LogP contribution < -0.4 is 5.32 Å². The van der Waals surface area contributed by atoms with Crippen LogP contribution >= 0.6 is 11.3 Å². The highest BCUT2D eigenvalue weighted by Crippen LogP contribution is 2.29. The van der Waals surface area contributed by atoms with E-state index in [1.807, 2.05) is 23.3 Å². The summed E-state index contributed by atoms with van der Waals surface area (Å²) in [4.78, 5) is 17.7. The normalized spacial score (nSPS) is 32.0. The van der Waals surface area contributed by atoms with Crippen LogP contribution in [0.15, 0.2) is 17.5 Å². The summed E-state index contributed by atoms with van der Waals surface area (Å²) in [6.07, 6.45) is 0.0978. The van der Waals surface area contributed by atoms with E-state index >= 15 is 0 Å². The first-order valence-corrected chi connectivity index (χ1v) is 7.93. The van der Waals surface area contributed by atoms with Gasteiger partial charge in [-0.3, -0.25) is 10.1 Å². The minimum Gasteiger partial charge on any atom is -0.374 e. The topological polar surface area (TPSA) is 44.8 Å². The zero-order valence-corrected chi connectivity index (χ0v) is 12.7. The van der Waals surface area contributed by atoms with Crippen molar-refractivity contribution in [2.75, 3.05) is 33.3 Å². The second kappa shape index (κ2) is 5.81. The molecule has 2 aliphatic heterocycles. The number of hydrogen-bond acceptors (Lipinski definition) is 5. The largest absolute Gasteiger partial charge is 0.374 e. The minimum atomic E-state index is -0.122. The predicted molar refractivity (Wildman–Crippen MR) is 78.6 cm³/mol. The van der Waals surface area contributed by atoms with Gasteiger partial charge in [0.05, 0.1) is 25.3 Å². The van der Waals surface area contributed by atoms with Crippen LogP contribution in [-0.2, 0) is 9.53 Å². The van der Waals surface area contributed by atoms with E-state index in [1.165, 1.54) is 4.88 Å². The number of likely N-dealkylation sites (N-methyl/N-ethyl adjacent to an activating group) is 1. The van der Waals surface area contributed by atoms with Gasteiger partial charge in [-0.05, 0) is 25.4 Å². The lowest BCUT2D eigenvalue weighted by Gasteiger charge is -2.34. The molecule has 2 aliphatic rings. The van der Waals surface area contributed by atoms with Crippen molar-refractivity contribution in [3.8, 4) is 0 Å². The van der Waals surface area contributed by atoms with Crippen LogP contribution in [0.5, 0.6) is 0 Å². The Balaban J connectivity index is 1.73. The van der Waals surface area contributed by atoms with E-state index < -0.39 is 0 Å². The first-order valence-electron chi connectivity index (χ1n) is 7.05. The Labute approximate surface area is 123 Å². The fourth-order valence-electron chi connectivity index (χ4n) is 2.85. The molecule has 5 nitrogen and oxygen atoms in total. The highest BCUT2D eigenvalue weighted by molar-refractivity contribution is 7.10. The Kier molecular flexibility index (Phi) is 4.07. The summed E-state index contributed by atoms with van der Waals surface area (Å²) in [6, 6.07) is 3.98. The Morgan fingerprint density at radius 3 is 3.10 bits per heavy atom. The van der Waals surface area contributed by atoms with E-state index in [1.54, 1.807) is 11.3 Å². The van der Waals surface area contributed by atoms with Crippen LogP contribution in [0.1, 0.15) is 18.0 Å². The molecule has 2 fully saturated rings. The second-order valence-electron chi connectivity index (χ2n) is 5.55. The van der Waals surface area contributed by atoms with E-state index in [4.69, 9.17) is 4.74 Å². The summed E-state index contributed by atoms with van der Waals surface area (Å²) in [5, 5.41) is 5.42. The number of hydrogen-bond donors (Lipinski definition) is 1. The monoisotopic (exact) mass is 295 g/mol. The molecule has 20 heavy (non-hydrogen) atoms. The molecule has 2 saturated heterocycles. The van der Waals surface area contributed by atoms with Crippen LogP contribution in [0, 0.1) is 0 Å². The van der Waals surface area contributed by atoms with E-state index in [0.717, 1.165) is 19.7 Å². The van der Waals surface area contributed by atoms with Gasteiger partial charge in [0.25, 0.3) is 0 Å². The first-order chi connectivity index (χ1) is 9.65. The summed E-state index contributed by atoms with van der Waals surface area (Å²) >= 11 is 1.68. The SMILES string of the molecule is CC1NC(c2cccs2)N(CC2CN(C)CCO2)C1=O. The van der Waals surface area contributed by atoms with Crippen LogP contribution in [0.3, 0.4) is 0 Å². The number of rotatable bonds is 3. The molecule has 3 unspecified atom stereocenters. The second-order valence-corrected chi connectivity index (χ2v) is 6.53. The number of nitrogens with one attached hydrogen (secondary N) is 1. The number of amides is 1. The van der Waals surface area contributed by atoms with Crippen molar-refractivity contribution in [1.29, 1.82) is 0 Å². The van der Waals surface area contributed by atoms with Gasteiger partial charge in [0.2, 0.25) is 5.91 Å². The quantitative estimate of drug-likeness (QED) is 0.900. The molecule has 0 saturated carbocycles. The van der Waals surface area contributed by atoms with Crippen LogP contribution in [-0.4, -0.2) is 61.1 Å². The first kappa shape index (κ1) is 14.0. The molecule has 6 heteroatoms. The molecule has 1 aromatic rings. The Morgan fingerprint density at radius 1 is 1.55 bits per heavy atom. The van der Waals surface area contributed by atoms with Crippen molar-refractivity contribution in [3.05, 3.63) is 22.4 Å². The van der Waals surface area contributed by atoms with Crippen molar-refractivity contribution in [2.45, 2.75) is 25.2 Å².